The van der Waals surface area contributed by atoms with Crippen LogP contribution in [0.25, 0.3) is 0 Å². The van der Waals surface area contributed by atoms with Crippen LogP contribution in [0.1, 0.15) is 1.43 Å². The summed E-state index contributed by atoms with van der Waals surface area (Å²) in [7, 11) is 0. The van der Waals surface area contributed by atoms with Crippen molar-refractivity contribution in [2.24, 2.45) is 0 Å². The van der Waals surface area contributed by atoms with E-state index in [0.717, 1.165) is 0 Å². The van der Waals surface area contributed by atoms with Crippen molar-refractivity contribution in [3.63, 3.8) is 0 Å². The van der Waals surface area contributed by atoms with E-state index in [1.807, 2.05) is 0 Å². The van der Waals surface area contributed by atoms with Crippen molar-refractivity contribution >= 4 is 5.78 Å². The van der Waals surface area contributed by atoms with Crippen LogP contribution in [0.4, 0.5) is 17.6 Å². The molecule has 0 aromatic heterocycles. The van der Waals surface area contributed by atoms with E-state index in [1.165, 1.54) is 0 Å². The molecule has 0 bridgehead atoms. The van der Waals surface area contributed by atoms with E-state index in [9.17, 15) is 22.4 Å². The summed E-state index contributed by atoms with van der Waals surface area (Å²) in [6, 6.07) is 0. The van der Waals surface area contributed by atoms with Crippen LogP contribution in [0, 0.1) is 0 Å². The Hall–Kier alpha value is 0.390. The molecule has 6 heteroatoms. The fourth-order valence-corrected chi connectivity index (χ4v) is 0.0952. The van der Waals surface area contributed by atoms with Gasteiger partial charge in [0.05, 0.1) is 0 Å². The van der Waals surface area contributed by atoms with Gasteiger partial charge in [0.25, 0.3) is 5.78 Å². The van der Waals surface area contributed by atoms with Gasteiger partial charge in [-0.25, -0.2) is 17.6 Å². The molecule has 0 unspecified atom stereocenters. The molecule has 0 radical (unpaired) electrons. The standard InChI is InChI=1S/C3H2F4O.Na.H/c4-2(5)1(8)3(6)7;;/h2-3H;;/q;+1;-1. The summed E-state index contributed by atoms with van der Waals surface area (Å²) in [5, 5.41) is 0. The Balaban J connectivity index is -0.000000245. The third kappa shape index (κ3) is 4.87. The number of carbonyl (C=O) groups is 1. The zero-order chi connectivity index (χ0) is 6.73. The quantitative estimate of drug-likeness (QED) is 0.339. The smallest absolute Gasteiger partial charge is 1.00 e. The number of rotatable bonds is 2. The molecular weight excluding hydrogens is 151 g/mol. The summed E-state index contributed by atoms with van der Waals surface area (Å²) in [4.78, 5) is 9.34. The minimum absolute atomic E-state index is 0. The average molecular weight is 154 g/mol. The van der Waals surface area contributed by atoms with E-state index < -0.39 is 18.6 Å². The van der Waals surface area contributed by atoms with Crippen LogP contribution >= 0.6 is 0 Å². The Morgan fingerprint density at radius 1 is 1.11 bits per heavy atom. The molecule has 0 aromatic rings. The summed E-state index contributed by atoms with van der Waals surface area (Å²) >= 11 is 0. The molecule has 0 atom stereocenters. The first kappa shape index (κ1) is 12.1. The second-order valence-corrected chi connectivity index (χ2v) is 1.00. The molecule has 0 aromatic carbocycles. The van der Waals surface area contributed by atoms with Crippen molar-refractivity contribution in [2.75, 3.05) is 0 Å². The maximum atomic E-state index is 10.8. The number of Topliss-reactive ketones (excluding diaryl/α,β-unsaturated/α-hetero) is 1. The number of ketones is 1. The molecule has 0 saturated carbocycles. The van der Waals surface area contributed by atoms with Gasteiger partial charge in [0.15, 0.2) is 0 Å². The summed E-state index contributed by atoms with van der Waals surface area (Å²) in [6.45, 7) is 0. The van der Waals surface area contributed by atoms with Gasteiger partial charge < -0.3 is 1.43 Å². The second-order valence-electron chi connectivity index (χ2n) is 1.00. The van der Waals surface area contributed by atoms with E-state index in [1.54, 1.807) is 0 Å². The van der Waals surface area contributed by atoms with Crippen LogP contribution < -0.4 is 29.6 Å². The molecule has 0 aliphatic heterocycles. The first-order chi connectivity index (χ1) is 3.55. The van der Waals surface area contributed by atoms with Crippen molar-refractivity contribution in [3.8, 4) is 0 Å². The van der Waals surface area contributed by atoms with Gasteiger partial charge in [0.1, 0.15) is 0 Å². The summed E-state index contributed by atoms with van der Waals surface area (Å²) in [5.74, 6) is -2.31. The van der Waals surface area contributed by atoms with Gasteiger partial charge in [0, 0.05) is 0 Å². The predicted molar refractivity (Wildman–Crippen MR) is 18.1 cm³/mol. The van der Waals surface area contributed by atoms with Gasteiger partial charge in [-0.1, -0.05) is 0 Å². The van der Waals surface area contributed by atoms with Gasteiger partial charge in [-0.05, 0) is 0 Å². The van der Waals surface area contributed by atoms with Crippen molar-refractivity contribution in [1.82, 2.24) is 0 Å². The van der Waals surface area contributed by atoms with Crippen molar-refractivity contribution in [1.29, 1.82) is 0 Å². The Labute approximate surface area is 72.2 Å². The van der Waals surface area contributed by atoms with E-state index >= 15 is 0 Å². The van der Waals surface area contributed by atoms with E-state index in [0.29, 0.717) is 0 Å². The fourth-order valence-electron chi connectivity index (χ4n) is 0.0952. The zero-order valence-electron chi connectivity index (χ0n) is 5.57. The Morgan fingerprint density at radius 2 is 1.33 bits per heavy atom. The molecular formula is C3H3F4NaO. The maximum absolute atomic E-state index is 10.8. The fraction of sp³-hybridized carbons (Fsp3) is 0.667. The van der Waals surface area contributed by atoms with Gasteiger partial charge >= 0.3 is 42.4 Å². The predicted octanol–water partition coefficient (Wildman–Crippen LogP) is -1.80. The second kappa shape index (κ2) is 5.20. The molecule has 0 N–H and O–H groups in total. The topological polar surface area (TPSA) is 17.1 Å². The monoisotopic (exact) mass is 154 g/mol. The molecule has 0 rings (SSSR count). The molecule has 9 heavy (non-hydrogen) atoms. The molecule has 1 nitrogen and oxygen atoms in total. The van der Waals surface area contributed by atoms with Gasteiger partial charge in [-0.2, -0.15) is 0 Å². The third-order valence-electron chi connectivity index (χ3n) is 0.430. The first-order valence-electron chi connectivity index (χ1n) is 1.65. The largest absolute Gasteiger partial charge is 1.00 e. The molecule has 0 amide bonds. The number of carbonyl (C=O) groups excluding carboxylic acids is 1. The van der Waals surface area contributed by atoms with Crippen LogP contribution in [0.3, 0.4) is 0 Å². The molecule has 0 aliphatic carbocycles. The minimum Gasteiger partial charge on any atom is -1.00 e. The third-order valence-corrected chi connectivity index (χ3v) is 0.430. The van der Waals surface area contributed by atoms with Crippen LogP contribution in [-0.4, -0.2) is 18.6 Å². The normalized spacial score (nSPS) is 9.56. The molecule has 0 saturated heterocycles. The minimum atomic E-state index is -3.55. The summed E-state index contributed by atoms with van der Waals surface area (Å²) in [5.41, 5.74) is 0. The molecule has 0 fully saturated rings. The zero-order valence-corrected chi connectivity index (χ0v) is 6.57. The van der Waals surface area contributed by atoms with E-state index in [2.05, 4.69) is 0 Å². The number of alkyl halides is 4. The van der Waals surface area contributed by atoms with Gasteiger partial charge in [0.2, 0.25) is 0 Å². The number of halogens is 4. The SMILES string of the molecule is O=C(C(F)F)C(F)F.[H-].[Na+]. The Morgan fingerprint density at radius 3 is 1.33 bits per heavy atom. The van der Waals surface area contributed by atoms with E-state index in [-0.39, 0.29) is 31.0 Å². The van der Waals surface area contributed by atoms with E-state index in [4.69, 9.17) is 0 Å². The Bertz CT molecular complexity index is 88.5. The average Bonchev–Trinajstić information content (AvgIpc) is 1.64. The van der Waals surface area contributed by atoms with Crippen molar-refractivity contribution < 1.29 is 53.3 Å². The summed E-state index contributed by atoms with van der Waals surface area (Å²) < 4.78 is 43.4. The van der Waals surface area contributed by atoms with Crippen LogP contribution in [0.5, 0.6) is 0 Å². The van der Waals surface area contributed by atoms with Crippen LogP contribution in [0.15, 0.2) is 0 Å². The van der Waals surface area contributed by atoms with Gasteiger partial charge in [-0.15, -0.1) is 0 Å². The maximum Gasteiger partial charge on any atom is 1.00 e. The molecule has 0 spiro atoms. The first-order valence-corrected chi connectivity index (χ1v) is 1.65. The molecule has 0 aliphatic rings. The van der Waals surface area contributed by atoms with Gasteiger partial charge in [-0.3, -0.25) is 4.79 Å². The van der Waals surface area contributed by atoms with Crippen molar-refractivity contribution in [2.45, 2.75) is 12.9 Å². The van der Waals surface area contributed by atoms with Crippen LogP contribution in [-0.2, 0) is 4.79 Å². The summed E-state index contributed by atoms with van der Waals surface area (Å²) in [6.07, 6.45) is -7.09. The van der Waals surface area contributed by atoms with Crippen LogP contribution in [0.2, 0.25) is 0 Å². The number of hydrogen-bond donors (Lipinski definition) is 0. The van der Waals surface area contributed by atoms with Crippen molar-refractivity contribution in [3.05, 3.63) is 0 Å². The molecule has 0 heterocycles. The number of hydrogen-bond acceptors (Lipinski definition) is 1. The molecule has 50 valence electrons. The Kier molecular flexibility index (Phi) is 6.99.